The summed E-state index contributed by atoms with van der Waals surface area (Å²) in [6.07, 6.45) is 2.97. The maximum Gasteiger partial charge on any atom is 0.0324 e. The Labute approximate surface area is 50.0 Å². The highest BCUT2D eigenvalue weighted by Crippen LogP contribution is 2.05. The van der Waals surface area contributed by atoms with E-state index in [1.807, 2.05) is 6.20 Å². The van der Waals surface area contributed by atoms with Crippen LogP contribution in [0.3, 0.4) is 0 Å². The molecule has 1 fully saturated rings. The van der Waals surface area contributed by atoms with Crippen LogP contribution >= 0.6 is 0 Å². The van der Waals surface area contributed by atoms with Gasteiger partial charge < -0.3 is 10.6 Å². The lowest BCUT2D eigenvalue weighted by Crippen LogP contribution is -2.22. The van der Waals surface area contributed by atoms with E-state index in [4.69, 9.17) is 5.73 Å². The van der Waals surface area contributed by atoms with Gasteiger partial charge in [-0.15, -0.1) is 0 Å². The van der Waals surface area contributed by atoms with Gasteiger partial charge in [0.1, 0.15) is 0 Å². The molecule has 1 saturated heterocycles. The van der Waals surface area contributed by atoms with Gasteiger partial charge in [-0.2, -0.15) is 0 Å². The highest BCUT2D eigenvalue weighted by molar-refractivity contribution is 4.83. The lowest BCUT2D eigenvalue weighted by molar-refractivity contribution is 0.461. The molecular weight excluding hydrogens is 100 g/mol. The van der Waals surface area contributed by atoms with E-state index in [0.29, 0.717) is 6.04 Å². The van der Waals surface area contributed by atoms with Crippen LogP contribution < -0.4 is 5.73 Å². The molecule has 0 bridgehead atoms. The molecule has 1 rings (SSSR count). The molecule has 0 radical (unpaired) electrons. The second kappa shape index (κ2) is 2.18. The fraction of sp³-hybridized carbons (Fsp3) is 0.667. The predicted molar refractivity (Wildman–Crippen MR) is 34.4 cm³/mol. The van der Waals surface area contributed by atoms with Crippen LogP contribution in [0.25, 0.3) is 0 Å². The van der Waals surface area contributed by atoms with Crippen molar-refractivity contribution >= 4 is 0 Å². The second-order valence-electron chi connectivity index (χ2n) is 2.23. The molecule has 0 aromatic heterocycles. The molecule has 0 saturated carbocycles. The van der Waals surface area contributed by atoms with Crippen LogP contribution in [0.15, 0.2) is 12.8 Å². The van der Waals surface area contributed by atoms with Crippen molar-refractivity contribution in [3.63, 3.8) is 0 Å². The Morgan fingerprint density at radius 3 is 2.75 bits per heavy atom. The fourth-order valence-electron chi connectivity index (χ4n) is 0.981. The van der Waals surface area contributed by atoms with E-state index in [-0.39, 0.29) is 0 Å². The first-order valence-electron chi connectivity index (χ1n) is 2.95. The molecule has 1 aliphatic rings. The van der Waals surface area contributed by atoms with Gasteiger partial charge in [-0.25, -0.2) is 0 Å². The van der Waals surface area contributed by atoms with E-state index >= 15 is 0 Å². The van der Waals surface area contributed by atoms with Crippen molar-refractivity contribution in [2.45, 2.75) is 12.5 Å². The zero-order chi connectivity index (χ0) is 5.98. The molecule has 8 heavy (non-hydrogen) atoms. The van der Waals surface area contributed by atoms with Crippen LogP contribution in [0.2, 0.25) is 0 Å². The van der Waals surface area contributed by atoms with Crippen LogP contribution in [0.1, 0.15) is 6.42 Å². The number of rotatable bonds is 1. The highest BCUT2D eigenvalue weighted by Gasteiger charge is 2.14. The van der Waals surface area contributed by atoms with E-state index < -0.39 is 0 Å². The molecule has 1 aliphatic heterocycles. The number of nitrogens with two attached hydrogens (primary N) is 1. The summed E-state index contributed by atoms with van der Waals surface area (Å²) in [5.41, 5.74) is 5.61. The van der Waals surface area contributed by atoms with Crippen molar-refractivity contribution in [3.8, 4) is 0 Å². The summed E-state index contributed by atoms with van der Waals surface area (Å²) in [5.74, 6) is 0. The fourth-order valence-corrected chi connectivity index (χ4v) is 0.981. The van der Waals surface area contributed by atoms with Gasteiger partial charge in [-0.1, -0.05) is 6.58 Å². The summed E-state index contributed by atoms with van der Waals surface area (Å²) in [5, 5.41) is 0. The SMILES string of the molecule is C=CN1CC[C@H](N)C1. The van der Waals surface area contributed by atoms with Gasteiger partial charge in [-0.05, 0) is 12.6 Å². The van der Waals surface area contributed by atoms with Crippen molar-refractivity contribution < 1.29 is 0 Å². The summed E-state index contributed by atoms with van der Waals surface area (Å²) in [4.78, 5) is 2.14. The Morgan fingerprint density at radius 2 is 2.50 bits per heavy atom. The third kappa shape index (κ3) is 1.01. The zero-order valence-corrected chi connectivity index (χ0v) is 5.01. The molecule has 0 aromatic carbocycles. The van der Waals surface area contributed by atoms with Gasteiger partial charge in [0.15, 0.2) is 0 Å². The Morgan fingerprint density at radius 1 is 1.75 bits per heavy atom. The summed E-state index contributed by atoms with van der Waals surface area (Å²) >= 11 is 0. The monoisotopic (exact) mass is 112 g/mol. The molecule has 1 heterocycles. The van der Waals surface area contributed by atoms with Crippen molar-refractivity contribution in [1.82, 2.24) is 4.90 Å². The van der Waals surface area contributed by atoms with Crippen molar-refractivity contribution in [2.75, 3.05) is 13.1 Å². The van der Waals surface area contributed by atoms with Crippen LogP contribution in [0, 0.1) is 0 Å². The number of nitrogens with zero attached hydrogens (tertiary/aromatic N) is 1. The minimum Gasteiger partial charge on any atom is -0.376 e. The number of hydrogen-bond acceptors (Lipinski definition) is 2. The van der Waals surface area contributed by atoms with Gasteiger partial charge in [-0.3, -0.25) is 0 Å². The zero-order valence-electron chi connectivity index (χ0n) is 5.01. The Kier molecular flexibility index (Phi) is 1.53. The maximum atomic E-state index is 5.61. The van der Waals surface area contributed by atoms with Gasteiger partial charge in [0.05, 0.1) is 0 Å². The summed E-state index contributed by atoms with van der Waals surface area (Å²) < 4.78 is 0. The van der Waals surface area contributed by atoms with Gasteiger partial charge in [0.2, 0.25) is 0 Å². The minimum atomic E-state index is 0.382. The van der Waals surface area contributed by atoms with Crippen molar-refractivity contribution in [3.05, 3.63) is 12.8 Å². The topological polar surface area (TPSA) is 29.3 Å². The standard InChI is InChI=1S/C6H12N2/c1-2-8-4-3-6(7)5-8/h2,6H,1,3-5,7H2/t6-/m0/s1. The van der Waals surface area contributed by atoms with Crippen LogP contribution in [-0.2, 0) is 0 Å². The smallest absolute Gasteiger partial charge is 0.0324 e. The molecule has 0 aromatic rings. The third-order valence-corrected chi connectivity index (χ3v) is 1.51. The van der Waals surface area contributed by atoms with Crippen molar-refractivity contribution in [1.29, 1.82) is 0 Å². The summed E-state index contributed by atoms with van der Waals surface area (Å²) in [7, 11) is 0. The second-order valence-corrected chi connectivity index (χ2v) is 2.23. The maximum absolute atomic E-state index is 5.61. The average Bonchev–Trinajstić information content (AvgIpc) is 2.14. The average molecular weight is 112 g/mol. The quantitative estimate of drug-likeness (QED) is 0.523. The first-order valence-corrected chi connectivity index (χ1v) is 2.95. The Bertz CT molecular complexity index is 90.5. The third-order valence-electron chi connectivity index (χ3n) is 1.51. The summed E-state index contributed by atoms with van der Waals surface area (Å²) in [6.45, 7) is 5.73. The molecule has 0 unspecified atom stereocenters. The van der Waals surface area contributed by atoms with Crippen LogP contribution in [0.5, 0.6) is 0 Å². The Hall–Kier alpha value is -0.500. The van der Waals surface area contributed by atoms with Crippen LogP contribution in [-0.4, -0.2) is 24.0 Å². The van der Waals surface area contributed by atoms with Gasteiger partial charge >= 0.3 is 0 Å². The highest BCUT2D eigenvalue weighted by atomic mass is 15.1. The normalized spacial score (nSPS) is 28.6. The van der Waals surface area contributed by atoms with E-state index in [9.17, 15) is 0 Å². The molecule has 0 amide bonds. The molecule has 0 spiro atoms. The molecule has 1 atom stereocenters. The summed E-state index contributed by atoms with van der Waals surface area (Å²) in [6, 6.07) is 0.382. The van der Waals surface area contributed by atoms with Gasteiger partial charge in [0.25, 0.3) is 0 Å². The van der Waals surface area contributed by atoms with E-state index in [1.54, 1.807) is 0 Å². The lowest BCUT2D eigenvalue weighted by atomic mass is 10.3. The molecule has 46 valence electrons. The molecule has 2 nitrogen and oxygen atoms in total. The predicted octanol–water partition coefficient (Wildman–Crippen LogP) is 0.163. The molecule has 0 aliphatic carbocycles. The molecule has 2 heteroatoms. The Balaban J connectivity index is 2.32. The van der Waals surface area contributed by atoms with Gasteiger partial charge in [0, 0.05) is 19.1 Å². The largest absolute Gasteiger partial charge is 0.376 e. The van der Waals surface area contributed by atoms with Crippen LogP contribution in [0.4, 0.5) is 0 Å². The first kappa shape index (κ1) is 5.63. The van der Waals surface area contributed by atoms with E-state index in [1.165, 1.54) is 0 Å². The first-order chi connectivity index (χ1) is 3.83. The van der Waals surface area contributed by atoms with E-state index in [2.05, 4.69) is 11.5 Å². The van der Waals surface area contributed by atoms with E-state index in [0.717, 1.165) is 19.5 Å². The molecular formula is C6H12N2. The number of likely N-dealkylation sites (tertiary alicyclic amines) is 1. The minimum absolute atomic E-state index is 0.382. The lowest BCUT2D eigenvalue weighted by Gasteiger charge is -2.08. The number of hydrogen-bond donors (Lipinski definition) is 1. The van der Waals surface area contributed by atoms with Crippen molar-refractivity contribution in [2.24, 2.45) is 5.73 Å². The molecule has 2 N–H and O–H groups in total.